The molecule has 1 aromatic carbocycles. The molecule has 0 spiro atoms. The molecule has 2 N–H and O–H groups in total. The van der Waals surface area contributed by atoms with Gasteiger partial charge in [-0.25, -0.2) is 8.42 Å². The van der Waals surface area contributed by atoms with Crippen molar-refractivity contribution in [1.29, 1.82) is 0 Å². The fourth-order valence-corrected chi connectivity index (χ4v) is 3.80. The average Bonchev–Trinajstić information content (AvgIpc) is 2.60. The molecule has 1 aliphatic rings. The Morgan fingerprint density at radius 1 is 1.25 bits per heavy atom. The van der Waals surface area contributed by atoms with Gasteiger partial charge in [0.15, 0.2) is 6.54 Å². The molecular formula is C17H26N3O3S+. The number of nitrogens with one attached hydrogen (secondary N) is 2. The van der Waals surface area contributed by atoms with Crippen LogP contribution in [-0.4, -0.2) is 57.9 Å². The van der Waals surface area contributed by atoms with E-state index in [1.54, 1.807) is 6.08 Å². The van der Waals surface area contributed by atoms with E-state index in [4.69, 9.17) is 0 Å². The number of nitrogens with zero attached hydrogens (tertiary/aromatic N) is 1. The minimum absolute atomic E-state index is 0.0344. The molecule has 132 valence electrons. The summed E-state index contributed by atoms with van der Waals surface area (Å²) >= 11 is 0. The molecule has 0 aliphatic carbocycles. The van der Waals surface area contributed by atoms with Gasteiger partial charge in [0.25, 0.3) is 5.91 Å². The van der Waals surface area contributed by atoms with Crippen LogP contribution in [0.2, 0.25) is 0 Å². The minimum atomic E-state index is -3.41. The summed E-state index contributed by atoms with van der Waals surface area (Å²) in [5, 5.41) is 4.12. The number of carbonyl (C=O) groups excluding carboxylic acids is 1. The Morgan fingerprint density at radius 2 is 1.92 bits per heavy atom. The van der Waals surface area contributed by atoms with Crippen molar-refractivity contribution >= 4 is 22.0 Å². The molecule has 0 aromatic heterocycles. The van der Waals surface area contributed by atoms with Crippen LogP contribution in [0.25, 0.3) is 6.08 Å². The second kappa shape index (κ2) is 8.96. The van der Waals surface area contributed by atoms with E-state index in [1.165, 1.54) is 9.71 Å². The van der Waals surface area contributed by atoms with E-state index in [9.17, 15) is 13.2 Å². The van der Waals surface area contributed by atoms with Gasteiger partial charge in [0.1, 0.15) is 0 Å². The van der Waals surface area contributed by atoms with Gasteiger partial charge in [0.05, 0.1) is 26.2 Å². The third-order valence-corrected chi connectivity index (χ3v) is 5.57. The van der Waals surface area contributed by atoms with Crippen molar-refractivity contribution in [2.24, 2.45) is 0 Å². The van der Waals surface area contributed by atoms with Crippen LogP contribution in [0.4, 0.5) is 0 Å². The lowest BCUT2D eigenvalue weighted by atomic mass is 10.2. The number of amides is 1. The number of rotatable bonds is 7. The molecule has 0 radical (unpaired) electrons. The van der Waals surface area contributed by atoms with Gasteiger partial charge in [-0.05, 0) is 18.1 Å². The fourth-order valence-electron chi connectivity index (χ4n) is 2.60. The molecule has 0 saturated carbocycles. The third-order valence-electron chi connectivity index (χ3n) is 4.00. The lowest BCUT2D eigenvalue weighted by Crippen LogP contribution is -3.15. The van der Waals surface area contributed by atoms with Crippen molar-refractivity contribution in [3.63, 3.8) is 0 Å². The van der Waals surface area contributed by atoms with Crippen LogP contribution in [0.1, 0.15) is 18.9 Å². The van der Waals surface area contributed by atoms with Gasteiger partial charge in [-0.2, -0.15) is 4.31 Å². The van der Waals surface area contributed by atoms with Gasteiger partial charge in [-0.1, -0.05) is 37.3 Å². The lowest BCUT2D eigenvalue weighted by Gasteiger charge is -2.30. The zero-order valence-electron chi connectivity index (χ0n) is 14.1. The average molecular weight is 352 g/mol. The largest absolute Gasteiger partial charge is 0.351 e. The summed E-state index contributed by atoms with van der Waals surface area (Å²) in [5.41, 5.74) is 0.859. The Kier molecular flexibility index (Phi) is 6.96. The maximum atomic E-state index is 12.4. The van der Waals surface area contributed by atoms with Crippen molar-refractivity contribution in [2.75, 3.05) is 39.3 Å². The highest BCUT2D eigenvalue weighted by molar-refractivity contribution is 7.92. The van der Waals surface area contributed by atoms with Crippen molar-refractivity contribution < 1.29 is 18.1 Å². The maximum absolute atomic E-state index is 12.4. The summed E-state index contributed by atoms with van der Waals surface area (Å²) in [4.78, 5) is 12.9. The summed E-state index contributed by atoms with van der Waals surface area (Å²) in [6.45, 7) is 5.30. The third kappa shape index (κ3) is 5.74. The highest BCUT2D eigenvalue weighted by Crippen LogP contribution is 2.08. The highest BCUT2D eigenvalue weighted by Gasteiger charge is 2.28. The zero-order valence-corrected chi connectivity index (χ0v) is 14.9. The summed E-state index contributed by atoms with van der Waals surface area (Å²) in [7, 11) is -3.41. The maximum Gasteiger partial charge on any atom is 0.275 e. The molecular weight excluding hydrogens is 326 g/mol. The first-order valence-electron chi connectivity index (χ1n) is 8.35. The van der Waals surface area contributed by atoms with Crippen LogP contribution in [0.15, 0.2) is 35.7 Å². The van der Waals surface area contributed by atoms with E-state index >= 15 is 0 Å². The monoisotopic (exact) mass is 352 g/mol. The Hall–Kier alpha value is -1.70. The lowest BCUT2D eigenvalue weighted by molar-refractivity contribution is -0.895. The van der Waals surface area contributed by atoms with Crippen LogP contribution < -0.4 is 10.2 Å². The first-order chi connectivity index (χ1) is 11.5. The van der Waals surface area contributed by atoms with Crippen LogP contribution in [0, 0.1) is 0 Å². The smallest absolute Gasteiger partial charge is 0.275 e. The molecule has 0 unspecified atom stereocenters. The van der Waals surface area contributed by atoms with Crippen LogP contribution >= 0.6 is 0 Å². The van der Waals surface area contributed by atoms with Crippen molar-refractivity contribution in [2.45, 2.75) is 13.3 Å². The molecule has 6 nitrogen and oxygen atoms in total. The number of hydrogen-bond donors (Lipinski definition) is 2. The van der Waals surface area contributed by atoms with Crippen LogP contribution in [0.3, 0.4) is 0 Å². The molecule has 7 heteroatoms. The van der Waals surface area contributed by atoms with Gasteiger partial charge < -0.3 is 10.2 Å². The van der Waals surface area contributed by atoms with Gasteiger partial charge in [-0.3, -0.25) is 4.79 Å². The summed E-state index contributed by atoms with van der Waals surface area (Å²) in [6.07, 6.45) is 2.54. The van der Waals surface area contributed by atoms with E-state index < -0.39 is 10.0 Å². The van der Waals surface area contributed by atoms with E-state index in [0.717, 1.165) is 16.9 Å². The first-order valence-corrected chi connectivity index (χ1v) is 9.85. The highest BCUT2D eigenvalue weighted by atomic mass is 32.2. The second-order valence-electron chi connectivity index (χ2n) is 5.93. The van der Waals surface area contributed by atoms with E-state index in [0.29, 0.717) is 39.3 Å². The Bertz CT molecular complexity index is 651. The van der Waals surface area contributed by atoms with E-state index in [1.807, 2.05) is 37.3 Å². The van der Waals surface area contributed by atoms with Gasteiger partial charge in [0.2, 0.25) is 10.0 Å². The Morgan fingerprint density at radius 3 is 2.54 bits per heavy atom. The predicted octanol–water partition coefficient (Wildman–Crippen LogP) is -0.286. The number of quaternary nitrogens is 1. The van der Waals surface area contributed by atoms with E-state index in [-0.39, 0.29) is 5.91 Å². The fraction of sp³-hybridized carbons (Fsp3) is 0.471. The topological polar surface area (TPSA) is 70.9 Å². The van der Waals surface area contributed by atoms with Crippen molar-refractivity contribution in [3.05, 3.63) is 41.3 Å². The van der Waals surface area contributed by atoms with Gasteiger partial charge >= 0.3 is 0 Å². The Labute approximate surface area is 144 Å². The second-order valence-corrected chi connectivity index (χ2v) is 7.75. The molecule has 0 bridgehead atoms. The summed E-state index contributed by atoms with van der Waals surface area (Å²) < 4.78 is 26.2. The molecule has 1 saturated heterocycles. The van der Waals surface area contributed by atoms with Gasteiger partial charge in [0, 0.05) is 12.0 Å². The van der Waals surface area contributed by atoms with Gasteiger partial charge in [-0.15, -0.1) is 0 Å². The normalized spacial score (nSPS) is 17.2. The predicted molar refractivity (Wildman–Crippen MR) is 94.8 cm³/mol. The number of hydrogen-bond acceptors (Lipinski definition) is 3. The van der Waals surface area contributed by atoms with Crippen LogP contribution in [0.5, 0.6) is 0 Å². The van der Waals surface area contributed by atoms with Crippen LogP contribution in [-0.2, 0) is 14.8 Å². The minimum Gasteiger partial charge on any atom is -0.351 e. The number of sulfonamides is 1. The number of benzene rings is 1. The molecule has 1 fully saturated rings. The van der Waals surface area contributed by atoms with Crippen molar-refractivity contribution in [1.82, 2.24) is 9.62 Å². The quantitative estimate of drug-likeness (QED) is 0.709. The number of piperazine rings is 1. The van der Waals surface area contributed by atoms with Crippen molar-refractivity contribution in [3.8, 4) is 0 Å². The molecule has 1 amide bonds. The molecule has 0 atom stereocenters. The SMILES string of the molecule is CCCNC(=O)C[NH+]1CCN(S(=O)(=O)/C=C/c2ccccc2)CC1. The Balaban J connectivity index is 1.84. The standard InChI is InChI=1S/C17H25N3O3S/c1-2-9-18-17(21)15-19-10-12-20(13-11-19)24(22,23)14-8-16-6-4-3-5-7-16/h3-8,14H,2,9-13,15H2,1H3,(H,18,21)/p+1/b14-8+. The molecule has 1 aromatic rings. The molecule has 24 heavy (non-hydrogen) atoms. The summed E-state index contributed by atoms with van der Waals surface area (Å²) in [6, 6.07) is 9.37. The first kappa shape index (κ1) is 18.6. The molecule has 2 rings (SSSR count). The zero-order chi connectivity index (χ0) is 17.4. The number of carbonyl (C=O) groups is 1. The summed E-state index contributed by atoms with van der Waals surface area (Å²) in [5.74, 6) is 0.0344. The molecule has 1 heterocycles. The molecule has 1 aliphatic heterocycles. The van der Waals surface area contributed by atoms with E-state index in [2.05, 4.69) is 5.32 Å².